The first-order valence-corrected chi connectivity index (χ1v) is 14.7. The molecule has 0 bridgehead atoms. The highest BCUT2D eigenvalue weighted by Gasteiger charge is 2.39. The van der Waals surface area contributed by atoms with Gasteiger partial charge in [-0.25, -0.2) is 9.48 Å². The Morgan fingerprint density at radius 3 is 2.58 bits per heavy atom. The number of likely N-dealkylation sites (N-methyl/N-ethyl adjacent to an activating group) is 2. The van der Waals surface area contributed by atoms with Crippen LogP contribution in [0.1, 0.15) is 110 Å². The molecule has 8 heteroatoms. The van der Waals surface area contributed by atoms with Gasteiger partial charge in [-0.3, -0.25) is 0 Å². The minimum Gasteiger partial charge on any atom is -0.444 e. The lowest BCUT2D eigenvalue weighted by molar-refractivity contribution is -0.0654. The van der Waals surface area contributed by atoms with Crippen molar-refractivity contribution < 1.29 is 19.0 Å². The summed E-state index contributed by atoms with van der Waals surface area (Å²) in [5, 5.41) is 5.18. The average molecular weight is 535 g/mol. The molecular formula is C30H54N4O4. The van der Waals surface area contributed by atoms with Gasteiger partial charge in [0.25, 0.3) is 0 Å². The molecular weight excluding hydrogens is 480 g/mol. The van der Waals surface area contributed by atoms with E-state index in [-0.39, 0.29) is 23.8 Å². The normalized spacial score (nSPS) is 24.1. The second-order valence-corrected chi connectivity index (χ2v) is 13.7. The summed E-state index contributed by atoms with van der Waals surface area (Å²) in [4.78, 5) is 16.3. The summed E-state index contributed by atoms with van der Waals surface area (Å²) in [7, 11) is 3.91. The Morgan fingerprint density at radius 2 is 1.95 bits per heavy atom. The van der Waals surface area contributed by atoms with Crippen LogP contribution in [0.2, 0.25) is 0 Å². The van der Waals surface area contributed by atoms with E-state index in [1.54, 1.807) is 11.9 Å². The van der Waals surface area contributed by atoms with Gasteiger partial charge in [-0.05, 0) is 77.7 Å². The van der Waals surface area contributed by atoms with Crippen molar-refractivity contribution in [3.05, 3.63) is 17.5 Å². The van der Waals surface area contributed by atoms with E-state index in [2.05, 4.69) is 50.5 Å². The molecule has 1 aliphatic carbocycles. The third kappa shape index (κ3) is 8.95. The zero-order chi connectivity index (χ0) is 28.1. The van der Waals surface area contributed by atoms with E-state index < -0.39 is 5.60 Å². The first-order valence-electron chi connectivity index (χ1n) is 14.7. The third-order valence-electron chi connectivity index (χ3n) is 7.78. The maximum Gasteiger partial charge on any atom is 0.410 e. The molecule has 218 valence electrons. The van der Waals surface area contributed by atoms with E-state index in [0.29, 0.717) is 18.4 Å². The molecule has 1 saturated carbocycles. The van der Waals surface area contributed by atoms with E-state index in [0.717, 1.165) is 58.4 Å². The molecule has 1 aromatic rings. The molecule has 3 rings (SSSR count). The molecule has 2 aliphatic rings. The molecule has 2 heterocycles. The Hall–Kier alpha value is -1.64. The average Bonchev–Trinajstić information content (AvgIpc) is 3.24. The minimum atomic E-state index is -0.493. The number of nitrogens with zero attached hydrogens (tertiary/aromatic N) is 4. The Labute approximate surface area is 231 Å². The van der Waals surface area contributed by atoms with Crippen molar-refractivity contribution in [3.63, 3.8) is 0 Å². The fourth-order valence-electron chi connectivity index (χ4n) is 5.36. The van der Waals surface area contributed by atoms with Gasteiger partial charge in [-0.2, -0.15) is 5.10 Å². The Morgan fingerprint density at radius 1 is 1.21 bits per heavy atom. The van der Waals surface area contributed by atoms with Gasteiger partial charge in [0.05, 0.1) is 11.8 Å². The Balaban J connectivity index is 1.73. The summed E-state index contributed by atoms with van der Waals surface area (Å²) in [6, 6.07) is 0. The van der Waals surface area contributed by atoms with Crippen LogP contribution in [-0.2, 0) is 20.8 Å². The number of carbonyl (C=O) groups excluding carboxylic acids is 1. The number of hydrogen-bond donors (Lipinski definition) is 0. The number of amides is 1. The highest BCUT2D eigenvalue weighted by molar-refractivity contribution is 5.67. The van der Waals surface area contributed by atoms with Gasteiger partial charge >= 0.3 is 6.09 Å². The largest absolute Gasteiger partial charge is 0.444 e. The van der Waals surface area contributed by atoms with Gasteiger partial charge < -0.3 is 24.0 Å². The van der Waals surface area contributed by atoms with E-state index in [9.17, 15) is 4.79 Å². The highest BCUT2D eigenvalue weighted by Crippen LogP contribution is 2.45. The topological polar surface area (TPSA) is 69.1 Å². The van der Waals surface area contributed by atoms with Gasteiger partial charge in [0.2, 0.25) is 0 Å². The Kier molecular flexibility index (Phi) is 10.7. The quantitative estimate of drug-likeness (QED) is 0.355. The maximum atomic E-state index is 12.4. The fourth-order valence-corrected chi connectivity index (χ4v) is 5.36. The van der Waals surface area contributed by atoms with Crippen molar-refractivity contribution in [1.29, 1.82) is 0 Å². The summed E-state index contributed by atoms with van der Waals surface area (Å²) in [6.07, 6.45) is 8.73. The standard InChI is InChI=1S/C30H54N4O4/c1-22(2)21-37-25-18-23(13-14-30(25,6)7)27-24(20-34(31-27)26-12-10-11-17-36-26)19-32(8)15-16-33(9)28(35)38-29(3,4)5/h20,22-23,25-26H,10-19,21H2,1-9H3/t23?,25-,26?/m1/s1. The van der Waals surface area contributed by atoms with Crippen LogP contribution in [0.5, 0.6) is 0 Å². The molecule has 1 saturated heterocycles. The fraction of sp³-hybridized carbons (Fsp3) is 0.867. The second kappa shape index (κ2) is 13.1. The molecule has 0 radical (unpaired) electrons. The zero-order valence-electron chi connectivity index (χ0n) is 25.6. The molecule has 0 N–H and O–H groups in total. The van der Waals surface area contributed by atoms with Crippen LogP contribution in [0.15, 0.2) is 6.20 Å². The number of carbonyl (C=O) groups is 1. The van der Waals surface area contributed by atoms with Crippen LogP contribution in [0.3, 0.4) is 0 Å². The van der Waals surface area contributed by atoms with E-state index >= 15 is 0 Å². The molecule has 0 aromatic carbocycles. The lowest BCUT2D eigenvalue weighted by atomic mass is 9.69. The SMILES string of the molecule is CC(C)CO[C@@H]1CC(c2nn(C3CCCCO3)cc2CN(C)CCN(C)C(=O)OC(C)(C)C)CCC1(C)C. The number of ether oxygens (including phenoxy) is 3. The van der Waals surface area contributed by atoms with Crippen LogP contribution in [0, 0.1) is 11.3 Å². The number of rotatable bonds is 10. The van der Waals surface area contributed by atoms with Gasteiger partial charge in [-0.15, -0.1) is 0 Å². The van der Waals surface area contributed by atoms with Crippen molar-refractivity contribution in [1.82, 2.24) is 19.6 Å². The van der Waals surface area contributed by atoms with E-state index in [4.69, 9.17) is 19.3 Å². The lowest BCUT2D eigenvalue weighted by Crippen LogP contribution is -2.39. The molecule has 8 nitrogen and oxygen atoms in total. The number of hydrogen-bond acceptors (Lipinski definition) is 6. The summed E-state index contributed by atoms with van der Waals surface area (Å²) in [5.74, 6) is 0.898. The third-order valence-corrected chi connectivity index (χ3v) is 7.78. The second-order valence-electron chi connectivity index (χ2n) is 13.7. The summed E-state index contributed by atoms with van der Waals surface area (Å²) in [5.41, 5.74) is 2.13. The van der Waals surface area contributed by atoms with Gasteiger partial charge in [0.1, 0.15) is 11.8 Å². The van der Waals surface area contributed by atoms with E-state index in [1.165, 1.54) is 17.7 Å². The zero-order valence-corrected chi connectivity index (χ0v) is 25.6. The van der Waals surface area contributed by atoms with Crippen molar-refractivity contribution in [2.75, 3.05) is 40.4 Å². The summed E-state index contributed by atoms with van der Waals surface area (Å²) in [6.45, 7) is 18.5. The molecule has 1 amide bonds. The van der Waals surface area contributed by atoms with E-state index in [1.807, 2.05) is 20.8 Å². The molecule has 2 fully saturated rings. The van der Waals surface area contributed by atoms with Crippen LogP contribution < -0.4 is 0 Å². The predicted octanol–water partition coefficient (Wildman–Crippen LogP) is 6.22. The summed E-state index contributed by atoms with van der Waals surface area (Å²) >= 11 is 0. The minimum absolute atomic E-state index is 0.0212. The molecule has 1 aliphatic heterocycles. The van der Waals surface area contributed by atoms with Crippen LogP contribution in [0.4, 0.5) is 4.79 Å². The van der Waals surface area contributed by atoms with Crippen molar-refractivity contribution in [2.24, 2.45) is 11.3 Å². The molecule has 0 spiro atoms. The first kappa shape index (κ1) is 30.9. The van der Waals surface area contributed by atoms with Gasteiger partial charge in [0.15, 0.2) is 0 Å². The molecule has 2 unspecified atom stereocenters. The van der Waals surface area contributed by atoms with Crippen molar-refractivity contribution in [3.8, 4) is 0 Å². The predicted molar refractivity (Wildman–Crippen MR) is 151 cm³/mol. The molecule has 1 aromatic heterocycles. The van der Waals surface area contributed by atoms with Gasteiger partial charge in [0, 0.05) is 57.6 Å². The smallest absolute Gasteiger partial charge is 0.410 e. The first-order chi connectivity index (χ1) is 17.7. The number of aromatic nitrogens is 2. The maximum absolute atomic E-state index is 12.4. The van der Waals surface area contributed by atoms with Crippen molar-refractivity contribution >= 4 is 6.09 Å². The molecule has 3 atom stereocenters. The van der Waals surface area contributed by atoms with Crippen molar-refractivity contribution in [2.45, 2.75) is 117 Å². The van der Waals surface area contributed by atoms with Crippen LogP contribution in [-0.4, -0.2) is 77.8 Å². The van der Waals surface area contributed by atoms with Crippen LogP contribution in [0.25, 0.3) is 0 Å². The summed E-state index contributed by atoms with van der Waals surface area (Å²) < 4.78 is 20.1. The van der Waals surface area contributed by atoms with Crippen LogP contribution >= 0.6 is 0 Å². The monoisotopic (exact) mass is 534 g/mol. The highest BCUT2D eigenvalue weighted by atomic mass is 16.6. The molecule has 38 heavy (non-hydrogen) atoms. The van der Waals surface area contributed by atoms with Gasteiger partial charge in [-0.1, -0.05) is 27.7 Å². The lowest BCUT2D eigenvalue weighted by Gasteiger charge is -2.42. The Bertz CT molecular complexity index is 885.